The highest BCUT2D eigenvalue weighted by Crippen LogP contribution is 2.32. The molecule has 0 bridgehead atoms. The van der Waals surface area contributed by atoms with Crippen molar-refractivity contribution in [1.29, 1.82) is 5.26 Å². The Morgan fingerprint density at radius 3 is 2.60 bits per heavy atom. The van der Waals surface area contributed by atoms with Gasteiger partial charge in [0.1, 0.15) is 5.75 Å². The van der Waals surface area contributed by atoms with Crippen LogP contribution in [0.5, 0.6) is 17.2 Å². The predicted molar refractivity (Wildman–Crippen MR) is 72.7 cm³/mol. The van der Waals surface area contributed by atoms with Crippen LogP contribution in [-0.4, -0.2) is 17.2 Å². The van der Waals surface area contributed by atoms with Crippen molar-refractivity contribution < 1.29 is 14.6 Å². The third-order valence-electron chi connectivity index (χ3n) is 2.71. The summed E-state index contributed by atoms with van der Waals surface area (Å²) in [6, 6.07) is 10.4. The number of aliphatic hydroxyl groups is 1. The topological polar surface area (TPSA) is 75.4 Å². The van der Waals surface area contributed by atoms with Crippen molar-refractivity contribution in [3.8, 4) is 23.3 Å². The molecule has 0 aliphatic rings. The van der Waals surface area contributed by atoms with E-state index in [1.54, 1.807) is 37.3 Å². The highest BCUT2D eigenvalue weighted by Gasteiger charge is 2.08. The fourth-order valence-corrected chi connectivity index (χ4v) is 1.65. The predicted octanol–water partition coefficient (Wildman–Crippen LogP) is 2.81. The van der Waals surface area contributed by atoms with Crippen LogP contribution < -0.4 is 9.47 Å². The van der Waals surface area contributed by atoms with E-state index >= 15 is 0 Å². The summed E-state index contributed by atoms with van der Waals surface area (Å²) in [6.07, 6.45) is 0.910. The van der Waals surface area contributed by atoms with Crippen LogP contribution in [-0.2, 0) is 0 Å². The lowest BCUT2D eigenvalue weighted by molar-refractivity contribution is 0.194. The van der Waals surface area contributed by atoms with Gasteiger partial charge in [-0.15, -0.1) is 0 Å². The monoisotopic (exact) mass is 270 g/mol. The number of pyridine rings is 1. The number of hydrogen-bond donors (Lipinski definition) is 1. The van der Waals surface area contributed by atoms with Gasteiger partial charge in [0.05, 0.1) is 36.7 Å². The van der Waals surface area contributed by atoms with Gasteiger partial charge in [0.2, 0.25) is 0 Å². The molecule has 0 amide bonds. The molecule has 0 aliphatic heterocycles. The highest BCUT2D eigenvalue weighted by molar-refractivity contribution is 5.48. The third kappa shape index (κ3) is 3.05. The Kier molecular flexibility index (Phi) is 4.18. The van der Waals surface area contributed by atoms with Crippen LogP contribution in [0.4, 0.5) is 0 Å². The van der Waals surface area contributed by atoms with Gasteiger partial charge < -0.3 is 14.6 Å². The first-order chi connectivity index (χ1) is 9.63. The Bertz CT molecular complexity index is 631. The second-order valence-electron chi connectivity index (χ2n) is 4.17. The summed E-state index contributed by atoms with van der Waals surface area (Å²) in [5.74, 6) is 1.50. The van der Waals surface area contributed by atoms with Crippen molar-refractivity contribution in [1.82, 2.24) is 4.98 Å². The summed E-state index contributed by atoms with van der Waals surface area (Å²) in [6.45, 7) is 1.65. The summed E-state index contributed by atoms with van der Waals surface area (Å²) in [7, 11) is 1.51. The van der Waals surface area contributed by atoms with Gasteiger partial charge in [-0.25, -0.2) is 0 Å². The fourth-order valence-electron chi connectivity index (χ4n) is 1.65. The Morgan fingerprint density at radius 1 is 1.25 bits per heavy atom. The normalized spacial score (nSPS) is 11.5. The van der Waals surface area contributed by atoms with E-state index in [-0.39, 0.29) is 0 Å². The molecule has 0 spiro atoms. The SMILES string of the molecule is COc1cc(C#N)ccc1Oc1ccc(C(C)O)nc1. The van der Waals surface area contributed by atoms with E-state index < -0.39 is 6.10 Å². The molecule has 2 rings (SSSR count). The summed E-state index contributed by atoms with van der Waals surface area (Å²) in [5, 5.41) is 18.2. The molecule has 1 unspecified atom stereocenters. The number of rotatable bonds is 4. The average Bonchev–Trinajstić information content (AvgIpc) is 2.48. The number of ether oxygens (including phenoxy) is 2. The van der Waals surface area contributed by atoms with Crippen LogP contribution in [0.25, 0.3) is 0 Å². The lowest BCUT2D eigenvalue weighted by atomic mass is 10.2. The Morgan fingerprint density at radius 2 is 2.05 bits per heavy atom. The van der Waals surface area contributed by atoms with Crippen LogP contribution >= 0.6 is 0 Å². The zero-order chi connectivity index (χ0) is 14.5. The van der Waals surface area contributed by atoms with Gasteiger partial charge >= 0.3 is 0 Å². The molecule has 1 atom stereocenters. The van der Waals surface area contributed by atoms with Gasteiger partial charge in [-0.3, -0.25) is 4.98 Å². The molecule has 0 saturated heterocycles. The van der Waals surface area contributed by atoms with Crippen LogP contribution in [0, 0.1) is 11.3 Å². The number of aromatic nitrogens is 1. The van der Waals surface area contributed by atoms with Crippen molar-refractivity contribution in [2.45, 2.75) is 13.0 Å². The second kappa shape index (κ2) is 6.04. The van der Waals surface area contributed by atoms with E-state index in [9.17, 15) is 5.11 Å². The molecule has 0 aliphatic carbocycles. The van der Waals surface area contributed by atoms with Gasteiger partial charge in [-0.2, -0.15) is 5.26 Å². The number of benzene rings is 1. The molecular formula is C15H14N2O3. The summed E-state index contributed by atoms with van der Waals surface area (Å²) >= 11 is 0. The molecule has 0 fully saturated rings. The van der Waals surface area contributed by atoms with Crippen molar-refractivity contribution in [3.05, 3.63) is 47.8 Å². The molecule has 5 heteroatoms. The molecule has 2 aromatic rings. The molecular weight excluding hydrogens is 256 g/mol. The quantitative estimate of drug-likeness (QED) is 0.924. The molecule has 5 nitrogen and oxygen atoms in total. The van der Waals surface area contributed by atoms with E-state index in [0.29, 0.717) is 28.5 Å². The minimum atomic E-state index is -0.617. The highest BCUT2D eigenvalue weighted by atomic mass is 16.5. The van der Waals surface area contributed by atoms with E-state index in [1.807, 2.05) is 6.07 Å². The zero-order valence-electron chi connectivity index (χ0n) is 11.2. The number of methoxy groups -OCH3 is 1. The first-order valence-corrected chi connectivity index (χ1v) is 6.04. The van der Waals surface area contributed by atoms with E-state index in [0.717, 1.165) is 0 Å². The molecule has 20 heavy (non-hydrogen) atoms. The smallest absolute Gasteiger partial charge is 0.169 e. The largest absolute Gasteiger partial charge is 0.493 e. The van der Waals surface area contributed by atoms with Crippen LogP contribution in [0.2, 0.25) is 0 Å². The number of hydrogen-bond acceptors (Lipinski definition) is 5. The Balaban J connectivity index is 2.23. The van der Waals surface area contributed by atoms with Crippen molar-refractivity contribution in [3.63, 3.8) is 0 Å². The maximum Gasteiger partial charge on any atom is 0.169 e. The Labute approximate surface area is 117 Å². The average molecular weight is 270 g/mol. The Hall–Kier alpha value is -2.58. The third-order valence-corrected chi connectivity index (χ3v) is 2.71. The molecule has 1 aromatic carbocycles. The molecule has 0 saturated carbocycles. The molecule has 1 aromatic heterocycles. The van der Waals surface area contributed by atoms with Gasteiger partial charge in [0.15, 0.2) is 11.5 Å². The maximum absolute atomic E-state index is 9.39. The van der Waals surface area contributed by atoms with Gasteiger partial charge in [0.25, 0.3) is 0 Å². The summed E-state index contributed by atoms with van der Waals surface area (Å²) in [4.78, 5) is 4.10. The molecule has 0 radical (unpaired) electrons. The van der Waals surface area contributed by atoms with Gasteiger partial charge in [0, 0.05) is 6.07 Å². The van der Waals surface area contributed by atoms with Crippen molar-refractivity contribution in [2.24, 2.45) is 0 Å². The number of nitriles is 1. The van der Waals surface area contributed by atoms with E-state index in [1.165, 1.54) is 13.3 Å². The molecule has 1 N–H and O–H groups in total. The minimum Gasteiger partial charge on any atom is -0.493 e. The van der Waals surface area contributed by atoms with Gasteiger partial charge in [-0.1, -0.05) is 0 Å². The van der Waals surface area contributed by atoms with E-state index in [4.69, 9.17) is 14.7 Å². The standard InChI is InChI=1S/C15H14N2O3/c1-10(18)13-5-4-12(9-17-13)20-14-6-3-11(8-16)7-15(14)19-2/h3-7,9-10,18H,1-2H3. The number of aliphatic hydroxyl groups excluding tert-OH is 1. The van der Waals surface area contributed by atoms with Gasteiger partial charge in [-0.05, 0) is 31.2 Å². The number of nitrogens with zero attached hydrogens (tertiary/aromatic N) is 2. The lowest BCUT2D eigenvalue weighted by Crippen LogP contribution is -1.96. The zero-order valence-corrected chi connectivity index (χ0v) is 11.2. The first-order valence-electron chi connectivity index (χ1n) is 6.04. The van der Waals surface area contributed by atoms with Crippen molar-refractivity contribution >= 4 is 0 Å². The van der Waals surface area contributed by atoms with Crippen LogP contribution in [0.3, 0.4) is 0 Å². The summed E-state index contributed by atoms with van der Waals surface area (Å²) in [5.41, 5.74) is 1.07. The minimum absolute atomic E-state index is 0.476. The van der Waals surface area contributed by atoms with Crippen molar-refractivity contribution in [2.75, 3.05) is 7.11 Å². The molecule has 102 valence electrons. The summed E-state index contributed by atoms with van der Waals surface area (Å²) < 4.78 is 10.8. The fraction of sp³-hybridized carbons (Fsp3) is 0.200. The van der Waals surface area contributed by atoms with E-state index in [2.05, 4.69) is 4.98 Å². The molecule has 1 heterocycles. The second-order valence-corrected chi connectivity index (χ2v) is 4.17. The first kappa shape index (κ1) is 13.8. The van der Waals surface area contributed by atoms with Crippen LogP contribution in [0.15, 0.2) is 36.5 Å². The van der Waals surface area contributed by atoms with Crippen LogP contribution in [0.1, 0.15) is 24.3 Å². The maximum atomic E-state index is 9.39. The lowest BCUT2D eigenvalue weighted by Gasteiger charge is -2.11.